The highest BCUT2D eigenvalue weighted by atomic mass is 16.1. The van der Waals surface area contributed by atoms with Crippen molar-refractivity contribution in [2.45, 2.75) is 18.3 Å². The first-order valence-electron chi connectivity index (χ1n) is 10.4. The minimum absolute atomic E-state index is 0.0108. The summed E-state index contributed by atoms with van der Waals surface area (Å²) < 4.78 is 0. The highest BCUT2D eigenvalue weighted by molar-refractivity contribution is 5.95. The number of hydrogen-bond donors (Lipinski definition) is 1. The van der Waals surface area contributed by atoms with Gasteiger partial charge >= 0.3 is 0 Å². The molecule has 3 aliphatic carbocycles. The molecule has 2 bridgehead atoms. The molecule has 3 aliphatic rings. The van der Waals surface area contributed by atoms with Crippen molar-refractivity contribution in [3.63, 3.8) is 0 Å². The van der Waals surface area contributed by atoms with Crippen LogP contribution in [0.2, 0.25) is 0 Å². The fraction of sp³-hybridized carbons (Fsp3) is 0.269. The van der Waals surface area contributed by atoms with E-state index >= 15 is 0 Å². The van der Waals surface area contributed by atoms with Crippen LogP contribution in [0.3, 0.4) is 0 Å². The second-order valence-corrected chi connectivity index (χ2v) is 8.44. The number of nitrogens with one attached hydrogen (secondary N) is 1. The lowest BCUT2D eigenvalue weighted by Crippen LogP contribution is -2.39. The fourth-order valence-electron chi connectivity index (χ4n) is 5.21. The van der Waals surface area contributed by atoms with Crippen LogP contribution in [0.1, 0.15) is 50.9 Å². The van der Waals surface area contributed by atoms with Gasteiger partial charge in [-0.05, 0) is 52.8 Å². The molecule has 3 nitrogen and oxygen atoms in total. The third kappa shape index (κ3) is 3.02. The number of rotatable bonds is 4. The minimum Gasteiger partial charge on any atom is -0.378 e. The molecule has 1 unspecified atom stereocenters. The summed E-state index contributed by atoms with van der Waals surface area (Å²) in [6.45, 7) is 0.703. The van der Waals surface area contributed by atoms with E-state index < -0.39 is 0 Å². The van der Waals surface area contributed by atoms with Crippen molar-refractivity contribution in [3.8, 4) is 0 Å². The van der Waals surface area contributed by atoms with Crippen LogP contribution in [-0.2, 0) is 0 Å². The molecule has 29 heavy (non-hydrogen) atoms. The zero-order valence-electron chi connectivity index (χ0n) is 16.9. The molecule has 6 rings (SSSR count). The molecular weight excluding hydrogens is 356 g/mol. The van der Waals surface area contributed by atoms with Crippen LogP contribution >= 0.6 is 0 Å². The predicted octanol–water partition coefficient (Wildman–Crippen LogP) is 4.78. The summed E-state index contributed by atoms with van der Waals surface area (Å²) in [6, 6.07) is 25.5. The molecule has 0 radical (unpaired) electrons. The lowest BCUT2D eigenvalue weighted by Gasteiger charge is -2.45. The Morgan fingerprint density at radius 2 is 1.52 bits per heavy atom. The molecule has 3 aromatic carbocycles. The van der Waals surface area contributed by atoms with Gasteiger partial charge in [0.2, 0.25) is 0 Å². The van der Waals surface area contributed by atoms with Crippen molar-refractivity contribution >= 4 is 11.6 Å². The van der Waals surface area contributed by atoms with Gasteiger partial charge in [0.15, 0.2) is 0 Å². The number of nitrogens with zero attached hydrogens (tertiary/aromatic N) is 1. The molecule has 3 heteroatoms. The van der Waals surface area contributed by atoms with Crippen LogP contribution in [0.4, 0.5) is 5.69 Å². The smallest absolute Gasteiger partial charge is 0.251 e. The Bertz CT molecular complexity index is 1020. The van der Waals surface area contributed by atoms with Crippen molar-refractivity contribution in [1.82, 2.24) is 5.32 Å². The van der Waals surface area contributed by atoms with E-state index in [1.807, 2.05) is 43.3 Å². The third-order valence-electron chi connectivity index (χ3n) is 6.57. The SMILES string of the molecule is CN(C)c1cccc(C(=O)NCC2CC3c4ccccc4C2c2ccccc23)c1. The largest absolute Gasteiger partial charge is 0.378 e. The summed E-state index contributed by atoms with van der Waals surface area (Å²) in [4.78, 5) is 14.8. The average Bonchev–Trinajstić information content (AvgIpc) is 2.77. The Hall–Kier alpha value is -3.07. The Labute approximate surface area is 172 Å². The normalized spacial score (nSPS) is 21.2. The van der Waals surface area contributed by atoms with Crippen molar-refractivity contribution in [2.75, 3.05) is 25.5 Å². The maximum Gasteiger partial charge on any atom is 0.251 e. The van der Waals surface area contributed by atoms with E-state index in [4.69, 9.17) is 0 Å². The van der Waals surface area contributed by atoms with Crippen molar-refractivity contribution in [2.24, 2.45) is 5.92 Å². The molecule has 0 fully saturated rings. The predicted molar refractivity (Wildman–Crippen MR) is 118 cm³/mol. The zero-order chi connectivity index (χ0) is 20.0. The first-order valence-corrected chi connectivity index (χ1v) is 10.4. The van der Waals surface area contributed by atoms with Crippen LogP contribution in [0.15, 0.2) is 72.8 Å². The lowest BCUT2D eigenvalue weighted by molar-refractivity contribution is 0.0943. The minimum atomic E-state index is 0.0108. The molecule has 1 amide bonds. The molecule has 146 valence electrons. The van der Waals surface area contributed by atoms with Crippen LogP contribution < -0.4 is 10.2 Å². The van der Waals surface area contributed by atoms with Crippen LogP contribution in [0, 0.1) is 5.92 Å². The first kappa shape index (κ1) is 18.0. The average molecular weight is 383 g/mol. The second kappa shape index (κ2) is 7.07. The summed E-state index contributed by atoms with van der Waals surface area (Å²) in [5.41, 5.74) is 7.58. The van der Waals surface area contributed by atoms with Gasteiger partial charge in [-0.1, -0.05) is 54.6 Å². The Balaban J connectivity index is 1.40. The van der Waals surface area contributed by atoms with E-state index in [1.54, 1.807) is 0 Å². The van der Waals surface area contributed by atoms with E-state index in [0.717, 1.165) is 17.7 Å². The number of carbonyl (C=O) groups excluding carboxylic acids is 1. The molecule has 0 saturated heterocycles. The summed E-state index contributed by atoms with van der Waals surface area (Å²) >= 11 is 0. The Morgan fingerprint density at radius 3 is 2.14 bits per heavy atom. The van der Waals surface area contributed by atoms with E-state index in [9.17, 15) is 4.79 Å². The highest BCUT2D eigenvalue weighted by Gasteiger charge is 2.42. The van der Waals surface area contributed by atoms with E-state index in [0.29, 0.717) is 24.3 Å². The van der Waals surface area contributed by atoms with Gasteiger partial charge in [0, 0.05) is 43.7 Å². The molecule has 0 spiro atoms. The highest BCUT2D eigenvalue weighted by Crippen LogP contribution is 2.55. The van der Waals surface area contributed by atoms with Gasteiger partial charge in [-0.2, -0.15) is 0 Å². The summed E-state index contributed by atoms with van der Waals surface area (Å²) in [7, 11) is 3.98. The number of fused-ring (bicyclic) bond motifs is 1. The summed E-state index contributed by atoms with van der Waals surface area (Å²) in [5.74, 6) is 1.23. The second-order valence-electron chi connectivity index (χ2n) is 8.44. The maximum atomic E-state index is 12.8. The first-order chi connectivity index (χ1) is 14.1. The quantitative estimate of drug-likeness (QED) is 0.704. The van der Waals surface area contributed by atoms with E-state index in [1.165, 1.54) is 22.3 Å². The van der Waals surface area contributed by atoms with Crippen LogP contribution in [-0.4, -0.2) is 26.5 Å². The topological polar surface area (TPSA) is 32.3 Å². The maximum absolute atomic E-state index is 12.8. The Kier molecular flexibility index (Phi) is 4.39. The van der Waals surface area contributed by atoms with Gasteiger partial charge in [0.25, 0.3) is 5.91 Å². The van der Waals surface area contributed by atoms with E-state index in [-0.39, 0.29) is 5.91 Å². The molecule has 0 aromatic heterocycles. The van der Waals surface area contributed by atoms with Gasteiger partial charge in [-0.3, -0.25) is 4.79 Å². The number of hydrogen-bond acceptors (Lipinski definition) is 2. The number of amides is 1. The van der Waals surface area contributed by atoms with Crippen LogP contribution in [0.25, 0.3) is 0 Å². The van der Waals surface area contributed by atoms with E-state index in [2.05, 4.69) is 53.8 Å². The summed E-state index contributed by atoms with van der Waals surface area (Å²) in [5, 5.41) is 3.22. The van der Waals surface area contributed by atoms with Gasteiger partial charge < -0.3 is 10.2 Å². The van der Waals surface area contributed by atoms with Gasteiger partial charge in [0.05, 0.1) is 0 Å². The van der Waals surface area contributed by atoms with Gasteiger partial charge in [-0.25, -0.2) is 0 Å². The molecule has 3 aromatic rings. The molecule has 0 aliphatic heterocycles. The van der Waals surface area contributed by atoms with Crippen LogP contribution in [0.5, 0.6) is 0 Å². The van der Waals surface area contributed by atoms with Crippen molar-refractivity contribution < 1.29 is 4.79 Å². The van der Waals surface area contributed by atoms with Gasteiger partial charge in [0.1, 0.15) is 0 Å². The van der Waals surface area contributed by atoms with Crippen molar-refractivity contribution in [1.29, 1.82) is 0 Å². The molecule has 1 N–H and O–H groups in total. The van der Waals surface area contributed by atoms with Crippen molar-refractivity contribution in [3.05, 3.63) is 101 Å². The van der Waals surface area contributed by atoms with Gasteiger partial charge in [-0.15, -0.1) is 0 Å². The number of benzene rings is 3. The summed E-state index contributed by atoms with van der Waals surface area (Å²) in [6.07, 6.45) is 1.09. The zero-order valence-corrected chi connectivity index (χ0v) is 16.9. The number of anilines is 1. The lowest BCUT2D eigenvalue weighted by atomic mass is 9.59. The standard InChI is InChI=1S/C26H26N2O/c1-28(2)19-9-7-8-17(14-19)26(29)27-16-18-15-24-20-10-3-5-12-22(20)25(18)23-13-6-4-11-21(23)24/h3-14,18,24-25H,15-16H2,1-2H3,(H,27,29). The monoisotopic (exact) mass is 382 g/mol. The fourth-order valence-corrected chi connectivity index (χ4v) is 5.21. The Morgan fingerprint density at radius 1 is 0.897 bits per heavy atom. The number of carbonyl (C=O) groups is 1. The molecule has 0 saturated carbocycles. The molecule has 1 atom stereocenters. The molecule has 0 heterocycles. The molecular formula is C26H26N2O. The third-order valence-corrected chi connectivity index (χ3v) is 6.57.